The van der Waals surface area contributed by atoms with Gasteiger partial charge in [0.15, 0.2) is 0 Å². The van der Waals surface area contributed by atoms with E-state index in [1.165, 1.54) is 54.5 Å². The first-order valence-electron chi connectivity index (χ1n) is 8.29. The van der Waals surface area contributed by atoms with Crippen LogP contribution in [-0.4, -0.2) is 29.6 Å². The largest absolute Gasteiger partial charge is 0.311 e. The Kier molecular flexibility index (Phi) is 5.09. The summed E-state index contributed by atoms with van der Waals surface area (Å²) in [4.78, 5) is 4.31. The standard InChI is InChI=1S/C17H27BrN2S/c1-13(2)7-15-9-20(10-16-8-14(18)11-21-16)17(12-19-15)5-3-4-6-17/h8,11,13,15,19H,3-7,9-10,12H2,1-2H3. The van der Waals surface area contributed by atoms with Gasteiger partial charge in [-0.05, 0) is 47.2 Å². The molecular weight excluding hydrogens is 344 g/mol. The van der Waals surface area contributed by atoms with Gasteiger partial charge < -0.3 is 5.32 Å². The third-order valence-corrected chi connectivity index (χ3v) is 6.77. The fourth-order valence-electron chi connectivity index (χ4n) is 4.08. The molecule has 1 aromatic heterocycles. The second-order valence-corrected chi connectivity index (χ2v) is 9.16. The third kappa shape index (κ3) is 3.72. The molecule has 2 fully saturated rings. The SMILES string of the molecule is CC(C)CC1CN(Cc2cc(Br)cs2)C2(CCCC2)CN1. The molecule has 1 spiro atoms. The Hall–Kier alpha value is 0.1000. The van der Waals surface area contributed by atoms with Crippen molar-refractivity contribution in [3.8, 4) is 0 Å². The summed E-state index contributed by atoms with van der Waals surface area (Å²) >= 11 is 5.49. The number of rotatable bonds is 4. The molecule has 4 heteroatoms. The number of thiophene rings is 1. The molecule has 0 bridgehead atoms. The number of piperazine rings is 1. The number of nitrogens with one attached hydrogen (secondary N) is 1. The molecule has 1 atom stereocenters. The van der Waals surface area contributed by atoms with Crippen LogP contribution in [0.25, 0.3) is 0 Å². The summed E-state index contributed by atoms with van der Waals surface area (Å²) in [5, 5.41) is 6.07. The molecule has 2 nitrogen and oxygen atoms in total. The van der Waals surface area contributed by atoms with E-state index in [4.69, 9.17) is 0 Å². The summed E-state index contributed by atoms with van der Waals surface area (Å²) in [5.74, 6) is 0.776. The molecule has 1 aliphatic heterocycles. The van der Waals surface area contributed by atoms with Crippen LogP contribution in [-0.2, 0) is 6.54 Å². The molecule has 1 saturated heterocycles. The van der Waals surface area contributed by atoms with E-state index in [1.54, 1.807) is 0 Å². The van der Waals surface area contributed by atoms with Crippen LogP contribution in [0.2, 0.25) is 0 Å². The zero-order valence-corrected chi connectivity index (χ0v) is 15.6. The second kappa shape index (κ2) is 6.69. The predicted molar refractivity (Wildman–Crippen MR) is 94.9 cm³/mol. The van der Waals surface area contributed by atoms with Crippen LogP contribution in [0, 0.1) is 5.92 Å². The van der Waals surface area contributed by atoms with Gasteiger partial charge in [0.1, 0.15) is 0 Å². The average Bonchev–Trinajstić information content (AvgIpc) is 3.04. The molecule has 21 heavy (non-hydrogen) atoms. The van der Waals surface area contributed by atoms with Crippen molar-refractivity contribution in [3.63, 3.8) is 0 Å². The molecule has 1 unspecified atom stereocenters. The van der Waals surface area contributed by atoms with Gasteiger partial charge >= 0.3 is 0 Å². The molecule has 0 aromatic carbocycles. The summed E-state index contributed by atoms with van der Waals surface area (Å²) in [6.45, 7) is 8.21. The monoisotopic (exact) mass is 370 g/mol. The summed E-state index contributed by atoms with van der Waals surface area (Å²) in [5.41, 5.74) is 0.434. The number of halogens is 1. The average molecular weight is 371 g/mol. The number of hydrogen-bond donors (Lipinski definition) is 1. The van der Waals surface area contributed by atoms with Crippen molar-refractivity contribution in [2.24, 2.45) is 5.92 Å². The highest BCUT2D eigenvalue weighted by atomic mass is 79.9. The molecule has 1 N–H and O–H groups in total. The van der Waals surface area contributed by atoms with Crippen molar-refractivity contribution in [1.29, 1.82) is 0 Å². The van der Waals surface area contributed by atoms with E-state index in [0.717, 1.165) is 12.5 Å². The minimum Gasteiger partial charge on any atom is -0.311 e. The Morgan fingerprint density at radius 1 is 1.43 bits per heavy atom. The van der Waals surface area contributed by atoms with Crippen molar-refractivity contribution in [1.82, 2.24) is 10.2 Å². The maximum absolute atomic E-state index is 3.86. The van der Waals surface area contributed by atoms with Crippen LogP contribution in [0.5, 0.6) is 0 Å². The van der Waals surface area contributed by atoms with Crippen molar-refractivity contribution in [2.75, 3.05) is 13.1 Å². The van der Waals surface area contributed by atoms with Crippen LogP contribution in [0.1, 0.15) is 50.8 Å². The summed E-state index contributed by atoms with van der Waals surface area (Å²) in [7, 11) is 0. The highest BCUT2D eigenvalue weighted by molar-refractivity contribution is 9.10. The van der Waals surface area contributed by atoms with Crippen molar-refractivity contribution in [2.45, 2.75) is 64.1 Å². The zero-order valence-electron chi connectivity index (χ0n) is 13.2. The van der Waals surface area contributed by atoms with Gasteiger partial charge in [-0.1, -0.05) is 26.7 Å². The van der Waals surface area contributed by atoms with E-state index in [2.05, 4.69) is 51.4 Å². The number of hydrogen-bond acceptors (Lipinski definition) is 3. The quantitative estimate of drug-likeness (QED) is 0.829. The molecule has 2 aliphatic rings. The normalized spacial score (nSPS) is 26.0. The third-order valence-electron chi connectivity index (χ3n) is 5.09. The summed E-state index contributed by atoms with van der Waals surface area (Å²) in [6, 6.07) is 2.96. The Morgan fingerprint density at radius 2 is 2.19 bits per heavy atom. The van der Waals surface area contributed by atoms with Crippen LogP contribution in [0.4, 0.5) is 0 Å². The number of nitrogens with zero attached hydrogens (tertiary/aromatic N) is 1. The first-order chi connectivity index (χ1) is 10.1. The molecule has 3 rings (SSSR count). The Balaban J connectivity index is 1.73. The van der Waals surface area contributed by atoms with E-state index >= 15 is 0 Å². The first-order valence-corrected chi connectivity index (χ1v) is 9.96. The van der Waals surface area contributed by atoms with Gasteiger partial charge in [0.2, 0.25) is 0 Å². The Morgan fingerprint density at radius 3 is 2.81 bits per heavy atom. The van der Waals surface area contributed by atoms with Gasteiger partial charge in [-0.15, -0.1) is 11.3 Å². The van der Waals surface area contributed by atoms with Gasteiger partial charge in [0.05, 0.1) is 0 Å². The van der Waals surface area contributed by atoms with Crippen LogP contribution in [0.15, 0.2) is 15.9 Å². The summed E-state index contributed by atoms with van der Waals surface area (Å²) < 4.78 is 1.23. The minimum atomic E-state index is 0.434. The van der Waals surface area contributed by atoms with Gasteiger partial charge in [-0.2, -0.15) is 0 Å². The van der Waals surface area contributed by atoms with Crippen LogP contribution < -0.4 is 5.32 Å². The van der Waals surface area contributed by atoms with Crippen LogP contribution in [0.3, 0.4) is 0 Å². The maximum atomic E-state index is 3.86. The molecule has 1 aliphatic carbocycles. The topological polar surface area (TPSA) is 15.3 Å². The fourth-order valence-corrected chi connectivity index (χ4v) is 5.55. The van der Waals surface area contributed by atoms with Crippen molar-refractivity contribution >= 4 is 27.3 Å². The predicted octanol–water partition coefficient (Wildman–Crippen LogP) is 4.64. The molecule has 118 valence electrons. The highest BCUT2D eigenvalue weighted by Crippen LogP contribution is 2.39. The Bertz CT molecular complexity index is 465. The van der Waals surface area contributed by atoms with E-state index < -0.39 is 0 Å². The molecular formula is C17H27BrN2S. The lowest BCUT2D eigenvalue weighted by atomic mass is 9.89. The molecule has 0 amide bonds. The van der Waals surface area contributed by atoms with E-state index in [0.29, 0.717) is 11.6 Å². The lowest BCUT2D eigenvalue weighted by Gasteiger charge is -2.48. The van der Waals surface area contributed by atoms with E-state index in [9.17, 15) is 0 Å². The molecule has 1 aromatic rings. The molecule has 1 saturated carbocycles. The summed E-state index contributed by atoms with van der Waals surface area (Å²) in [6.07, 6.45) is 6.85. The van der Waals surface area contributed by atoms with Crippen molar-refractivity contribution in [3.05, 3.63) is 20.8 Å². The maximum Gasteiger partial charge on any atom is 0.0338 e. The Labute approximate surface area is 141 Å². The van der Waals surface area contributed by atoms with Gasteiger partial charge in [-0.3, -0.25) is 4.90 Å². The van der Waals surface area contributed by atoms with Gasteiger partial charge in [0.25, 0.3) is 0 Å². The highest BCUT2D eigenvalue weighted by Gasteiger charge is 2.43. The second-order valence-electron chi connectivity index (χ2n) is 7.25. The van der Waals surface area contributed by atoms with Crippen molar-refractivity contribution < 1.29 is 0 Å². The van der Waals surface area contributed by atoms with Gasteiger partial charge in [-0.25, -0.2) is 0 Å². The molecule has 2 heterocycles. The van der Waals surface area contributed by atoms with Crippen LogP contribution >= 0.6 is 27.3 Å². The lowest BCUT2D eigenvalue weighted by molar-refractivity contribution is 0.0323. The molecule has 0 radical (unpaired) electrons. The zero-order chi connectivity index (χ0) is 14.9. The minimum absolute atomic E-state index is 0.434. The lowest BCUT2D eigenvalue weighted by Crippen LogP contribution is -2.63. The first kappa shape index (κ1) is 16.0. The van der Waals surface area contributed by atoms with Gasteiger partial charge in [0, 0.05) is 45.9 Å². The van der Waals surface area contributed by atoms with E-state index in [1.807, 2.05) is 11.3 Å². The smallest absolute Gasteiger partial charge is 0.0338 e. The fraction of sp³-hybridized carbons (Fsp3) is 0.765. The van der Waals surface area contributed by atoms with E-state index in [-0.39, 0.29) is 0 Å².